The van der Waals surface area contributed by atoms with Gasteiger partial charge in [0.1, 0.15) is 5.82 Å². The zero-order valence-electron chi connectivity index (χ0n) is 8.26. The van der Waals surface area contributed by atoms with Crippen molar-refractivity contribution in [3.05, 3.63) is 29.1 Å². The van der Waals surface area contributed by atoms with Crippen molar-refractivity contribution in [3.63, 3.8) is 0 Å². The van der Waals surface area contributed by atoms with Gasteiger partial charge in [-0.15, -0.1) is 0 Å². The molecule has 0 saturated heterocycles. The summed E-state index contributed by atoms with van der Waals surface area (Å²) in [5, 5.41) is 8.56. The molecule has 2 rings (SSSR count). The highest BCUT2D eigenvalue weighted by Crippen LogP contribution is 2.18. The molecule has 0 radical (unpaired) electrons. The molecule has 3 nitrogen and oxygen atoms in total. The first-order chi connectivity index (χ1) is 6.70. The van der Waals surface area contributed by atoms with Crippen molar-refractivity contribution in [3.8, 4) is 6.07 Å². The molecule has 0 saturated carbocycles. The van der Waals surface area contributed by atoms with E-state index in [-0.39, 0.29) is 0 Å². The topological polar surface area (TPSA) is 52.5 Å². The summed E-state index contributed by atoms with van der Waals surface area (Å²) >= 11 is 0. The van der Waals surface area contributed by atoms with Gasteiger partial charge in [0.25, 0.3) is 0 Å². The number of H-pyrrole nitrogens is 1. The van der Waals surface area contributed by atoms with E-state index in [1.165, 1.54) is 11.1 Å². The van der Waals surface area contributed by atoms with Gasteiger partial charge in [0.2, 0.25) is 0 Å². The van der Waals surface area contributed by atoms with Crippen molar-refractivity contribution in [2.45, 2.75) is 20.3 Å². The second-order valence-electron chi connectivity index (χ2n) is 3.49. The van der Waals surface area contributed by atoms with E-state index in [1.54, 1.807) is 0 Å². The third-order valence-electron chi connectivity index (χ3n) is 2.23. The molecule has 1 aromatic carbocycles. The number of hydrogen-bond donors (Lipinski definition) is 1. The van der Waals surface area contributed by atoms with Crippen LogP contribution in [-0.2, 0) is 6.42 Å². The molecule has 0 fully saturated rings. The summed E-state index contributed by atoms with van der Waals surface area (Å²) in [6.45, 7) is 4.09. The smallest absolute Gasteiger partial charge is 0.121 e. The number of aromatic nitrogens is 2. The van der Waals surface area contributed by atoms with Crippen molar-refractivity contribution in [2.24, 2.45) is 0 Å². The summed E-state index contributed by atoms with van der Waals surface area (Å²) in [5.41, 5.74) is 4.37. The van der Waals surface area contributed by atoms with Crippen LogP contribution in [0.1, 0.15) is 17.0 Å². The van der Waals surface area contributed by atoms with Gasteiger partial charge in [0.05, 0.1) is 23.5 Å². The van der Waals surface area contributed by atoms with Crippen molar-refractivity contribution < 1.29 is 0 Å². The third-order valence-corrected chi connectivity index (χ3v) is 2.23. The first-order valence-corrected chi connectivity index (χ1v) is 4.53. The number of benzene rings is 1. The summed E-state index contributed by atoms with van der Waals surface area (Å²) in [7, 11) is 0. The van der Waals surface area contributed by atoms with E-state index in [0.29, 0.717) is 6.42 Å². The fraction of sp³-hybridized carbons (Fsp3) is 0.273. The fourth-order valence-corrected chi connectivity index (χ4v) is 1.67. The highest BCUT2D eigenvalue weighted by atomic mass is 14.9. The number of aromatic amines is 1. The van der Waals surface area contributed by atoms with Crippen LogP contribution in [0.4, 0.5) is 0 Å². The minimum atomic E-state index is 0.340. The number of nitrogens with one attached hydrogen (secondary N) is 1. The second kappa shape index (κ2) is 3.15. The standard InChI is InChI=1S/C11H11N3/c1-7-5-8(2)11-9(6-7)13-10(14-11)3-4-12/h5-6H,3H2,1-2H3,(H,13,14). The van der Waals surface area contributed by atoms with Crippen LogP contribution in [-0.4, -0.2) is 9.97 Å². The quantitative estimate of drug-likeness (QED) is 0.740. The zero-order chi connectivity index (χ0) is 10.1. The van der Waals surface area contributed by atoms with Gasteiger partial charge in [-0.1, -0.05) is 6.07 Å². The Morgan fingerprint density at radius 1 is 1.43 bits per heavy atom. The average molecular weight is 185 g/mol. The van der Waals surface area contributed by atoms with Gasteiger partial charge >= 0.3 is 0 Å². The van der Waals surface area contributed by atoms with Gasteiger partial charge in [0.15, 0.2) is 0 Å². The highest BCUT2D eigenvalue weighted by Gasteiger charge is 2.04. The largest absolute Gasteiger partial charge is 0.341 e. The lowest BCUT2D eigenvalue weighted by Crippen LogP contribution is -1.82. The van der Waals surface area contributed by atoms with Crippen LogP contribution < -0.4 is 0 Å². The van der Waals surface area contributed by atoms with Gasteiger partial charge < -0.3 is 4.98 Å². The summed E-state index contributed by atoms with van der Waals surface area (Å²) in [4.78, 5) is 7.50. The molecule has 0 bridgehead atoms. The zero-order valence-corrected chi connectivity index (χ0v) is 8.26. The number of aryl methyl sites for hydroxylation is 2. The molecule has 0 atom stereocenters. The van der Waals surface area contributed by atoms with Crippen LogP contribution in [0.3, 0.4) is 0 Å². The Bertz CT molecular complexity index is 517. The van der Waals surface area contributed by atoms with Crippen LogP contribution >= 0.6 is 0 Å². The van der Waals surface area contributed by atoms with E-state index >= 15 is 0 Å². The Morgan fingerprint density at radius 3 is 2.93 bits per heavy atom. The molecule has 1 heterocycles. The number of hydrogen-bond acceptors (Lipinski definition) is 2. The molecule has 0 unspecified atom stereocenters. The van der Waals surface area contributed by atoms with Crippen LogP contribution in [0.2, 0.25) is 0 Å². The molecule has 0 spiro atoms. The monoisotopic (exact) mass is 185 g/mol. The number of imidazole rings is 1. The molecule has 14 heavy (non-hydrogen) atoms. The van der Waals surface area contributed by atoms with Gasteiger partial charge in [-0.05, 0) is 31.0 Å². The average Bonchev–Trinajstić information content (AvgIpc) is 2.48. The van der Waals surface area contributed by atoms with Gasteiger partial charge in [-0.25, -0.2) is 4.98 Å². The summed E-state index contributed by atoms with van der Waals surface area (Å²) in [5.74, 6) is 0.746. The van der Waals surface area contributed by atoms with Crippen LogP contribution in [0, 0.1) is 25.2 Å². The Morgan fingerprint density at radius 2 is 2.21 bits per heavy atom. The predicted molar refractivity (Wildman–Crippen MR) is 54.9 cm³/mol. The first-order valence-electron chi connectivity index (χ1n) is 4.53. The molecule has 3 heteroatoms. The molecule has 0 aliphatic carbocycles. The number of fused-ring (bicyclic) bond motifs is 1. The van der Waals surface area contributed by atoms with Crippen LogP contribution in [0.25, 0.3) is 11.0 Å². The lowest BCUT2D eigenvalue weighted by molar-refractivity contribution is 1.08. The third kappa shape index (κ3) is 1.35. The SMILES string of the molecule is Cc1cc(C)c2[nH]c(CC#N)nc2c1. The highest BCUT2D eigenvalue weighted by molar-refractivity contribution is 5.79. The Labute approximate surface area is 82.4 Å². The maximum atomic E-state index is 8.56. The van der Waals surface area contributed by atoms with Gasteiger partial charge in [0, 0.05) is 0 Å². The van der Waals surface area contributed by atoms with Crippen molar-refractivity contribution in [1.82, 2.24) is 9.97 Å². The first kappa shape index (κ1) is 8.76. The summed E-state index contributed by atoms with van der Waals surface area (Å²) in [6.07, 6.45) is 0.340. The molecular formula is C11H11N3. The molecule has 2 aromatic rings. The van der Waals surface area contributed by atoms with Crippen LogP contribution in [0.15, 0.2) is 12.1 Å². The van der Waals surface area contributed by atoms with E-state index in [9.17, 15) is 0 Å². The van der Waals surface area contributed by atoms with Crippen molar-refractivity contribution in [2.75, 3.05) is 0 Å². The number of nitriles is 1. The minimum absolute atomic E-state index is 0.340. The fourth-order valence-electron chi connectivity index (χ4n) is 1.67. The second-order valence-corrected chi connectivity index (χ2v) is 3.49. The summed E-state index contributed by atoms with van der Waals surface area (Å²) < 4.78 is 0. The normalized spacial score (nSPS) is 10.4. The van der Waals surface area contributed by atoms with E-state index < -0.39 is 0 Å². The minimum Gasteiger partial charge on any atom is -0.341 e. The lowest BCUT2D eigenvalue weighted by atomic mass is 10.1. The molecule has 0 amide bonds. The lowest BCUT2D eigenvalue weighted by Gasteiger charge is -1.96. The van der Waals surface area contributed by atoms with Gasteiger partial charge in [-0.3, -0.25) is 0 Å². The Balaban J connectivity index is 2.66. The summed E-state index contributed by atoms with van der Waals surface area (Å²) in [6, 6.07) is 6.22. The van der Waals surface area contributed by atoms with E-state index in [2.05, 4.69) is 22.1 Å². The number of nitrogens with zero attached hydrogens (tertiary/aromatic N) is 2. The molecule has 0 aliphatic rings. The van der Waals surface area contributed by atoms with Crippen molar-refractivity contribution in [1.29, 1.82) is 5.26 Å². The van der Waals surface area contributed by atoms with Crippen molar-refractivity contribution >= 4 is 11.0 Å². The predicted octanol–water partition coefficient (Wildman–Crippen LogP) is 2.25. The maximum absolute atomic E-state index is 8.56. The Hall–Kier alpha value is -1.82. The molecule has 0 aliphatic heterocycles. The van der Waals surface area contributed by atoms with E-state index in [4.69, 9.17) is 5.26 Å². The van der Waals surface area contributed by atoms with E-state index in [0.717, 1.165) is 16.9 Å². The Kier molecular flexibility index (Phi) is 1.97. The molecule has 1 N–H and O–H groups in total. The van der Waals surface area contributed by atoms with Gasteiger partial charge in [-0.2, -0.15) is 5.26 Å². The van der Waals surface area contributed by atoms with E-state index in [1.807, 2.05) is 19.9 Å². The maximum Gasteiger partial charge on any atom is 0.121 e. The molecule has 70 valence electrons. The molecule has 1 aromatic heterocycles. The number of rotatable bonds is 1. The van der Waals surface area contributed by atoms with Crippen LogP contribution in [0.5, 0.6) is 0 Å². The molecular weight excluding hydrogens is 174 g/mol.